The Morgan fingerprint density at radius 1 is 1.25 bits per heavy atom. The summed E-state index contributed by atoms with van der Waals surface area (Å²) in [5, 5.41) is 26.3. The molecular formula is C23H16N4O4S. The van der Waals surface area contributed by atoms with E-state index in [1.54, 1.807) is 11.6 Å². The number of hydrogen-bond acceptors (Lipinski definition) is 8. The lowest BCUT2D eigenvalue weighted by Gasteiger charge is -2.06. The monoisotopic (exact) mass is 444 g/mol. The van der Waals surface area contributed by atoms with Crippen LogP contribution in [0, 0.1) is 35.3 Å². The Balaban J connectivity index is 1.69. The second kappa shape index (κ2) is 8.45. The highest BCUT2D eigenvalue weighted by atomic mass is 32.1. The Morgan fingerprint density at radius 3 is 2.81 bits per heavy atom. The van der Waals surface area contributed by atoms with E-state index in [9.17, 15) is 20.2 Å². The highest BCUT2D eigenvalue weighted by molar-refractivity contribution is 7.11. The number of rotatable bonds is 5. The molecule has 32 heavy (non-hydrogen) atoms. The average Bonchev–Trinajstić information content (AvgIpc) is 3.25. The fourth-order valence-electron chi connectivity index (χ4n) is 3.11. The van der Waals surface area contributed by atoms with Crippen LogP contribution in [0.2, 0.25) is 0 Å². The van der Waals surface area contributed by atoms with Crippen molar-refractivity contribution in [3.63, 3.8) is 0 Å². The van der Waals surface area contributed by atoms with Crippen LogP contribution >= 0.6 is 11.3 Å². The van der Waals surface area contributed by atoms with Crippen molar-refractivity contribution < 1.29 is 9.34 Å². The third-order valence-corrected chi connectivity index (χ3v) is 5.70. The summed E-state index contributed by atoms with van der Waals surface area (Å²) in [6, 6.07) is 13.6. The Bertz CT molecular complexity index is 1490. The standard InChI is InChI=1S/C23H16N4O4S/c1-13-3-4-14(2)19(7-13)25-11-16(10-24)22-26-20(12-32-22)18-9-15-8-17(27(29)30)5-6-21(15)31-23(18)28/h3-9,11-12,25H,1-2H3/b16-11-. The van der Waals surface area contributed by atoms with Gasteiger partial charge in [-0.1, -0.05) is 12.1 Å². The van der Waals surface area contributed by atoms with Crippen LogP contribution in [0.1, 0.15) is 16.1 Å². The van der Waals surface area contributed by atoms with Crippen LogP contribution < -0.4 is 10.9 Å². The maximum atomic E-state index is 12.5. The lowest BCUT2D eigenvalue weighted by Crippen LogP contribution is -2.03. The molecule has 9 heteroatoms. The quantitative estimate of drug-likeness (QED) is 0.189. The van der Waals surface area contributed by atoms with Gasteiger partial charge < -0.3 is 9.73 Å². The van der Waals surface area contributed by atoms with Gasteiger partial charge in [0.05, 0.1) is 16.2 Å². The van der Waals surface area contributed by atoms with Crippen LogP contribution in [0.5, 0.6) is 0 Å². The van der Waals surface area contributed by atoms with E-state index in [0.717, 1.165) is 16.8 Å². The van der Waals surface area contributed by atoms with Crippen molar-refractivity contribution in [2.24, 2.45) is 0 Å². The lowest BCUT2D eigenvalue weighted by atomic mass is 10.1. The summed E-state index contributed by atoms with van der Waals surface area (Å²) in [6.45, 7) is 3.95. The molecule has 0 aliphatic carbocycles. The number of non-ortho nitro benzene ring substituents is 1. The van der Waals surface area contributed by atoms with Crippen molar-refractivity contribution in [2.45, 2.75) is 13.8 Å². The molecule has 4 aromatic rings. The van der Waals surface area contributed by atoms with Crippen LogP contribution in [0.3, 0.4) is 0 Å². The van der Waals surface area contributed by atoms with Gasteiger partial charge in [-0.05, 0) is 43.2 Å². The first-order chi connectivity index (χ1) is 15.4. The third kappa shape index (κ3) is 4.12. The number of nitrogens with zero attached hydrogens (tertiary/aromatic N) is 3. The van der Waals surface area contributed by atoms with E-state index in [-0.39, 0.29) is 16.8 Å². The molecule has 0 saturated heterocycles. The van der Waals surface area contributed by atoms with Crippen LogP contribution in [-0.4, -0.2) is 9.91 Å². The van der Waals surface area contributed by atoms with Crippen molar-refractivity contribution in [2.75, 3.05) is 5.32 Å². The number of nitro groups is 1. The molecule has 0 amide bonds. The first-order valence-corrected chi connectivity index (χ1v) is 10.4. The summed E-state index contributed by atoms with van der Waals surface area (Å²) in [6.07, 6.45) is 1.58. The normalized spacial score (nSPS) is 11.3. The van der Waals surface area contributed by atoms with E-state index in [1.165, 1.54) is 35.6 Å². The number of nitro benzene ring substituents is 1. The first kappa shape index (κ1) is 21.0. The van der Waals surface area contributed by atoms with Gasteiger partial charge in [0.1, 0.15) is 22.2 Å². The summed E-state index contributed by atoms with van der Waals surface area (Å²) in [4.78, 5) is 27.4. The van der Waals surface area contributed by atoms with Gasteiger partial charge in [0.15, 0.2) is 0 Å². The van der Waals surface area contributed by atoms with Gasteiger partial charge in [0.2, 0.25) is 0 Å². The number of aromatic nitrogens is 1. The fourth-order valence-corrected chi connectivity index (χ4v) is 3.89. The smallest absolute Gasteiger partial charge is 0.345 e. The van der Waals surface area contributed by atoms with Gasteiger partial charge in [-0.2, -0.15) is 5.26 Å². The number of anilines is 1. The van der Waals surface area contributed by atoms with Gasteiger partial charge in [-0.15, -0.1) is 11.3 Å². The molecule has 0 atom stereocenters. The number of aryl methyl sites for hydroxylation is 2. The predicted molar refractivity (Wildman–Crippen MR) is 123 cm³/mol. The summed E-state index contributed by atoms with van der Waals surface area (Å²) < 4.78 is 5.30. The predicted octanol–water partition coefficient (Wildman–Crippen LogP) is 5.42. The largest absolute Gasteiger partial charge is 0.422 e. The second-order valence-corrected chi connectivity index (χ2v) is 7.96. The fraction of sp³-hybridized carbons (Fsp3) is 0.0870. The number of nitriles is 1. The van der Waals surface area contributed by atoms with Crippen molar-refractivity contribution in [1.82, 2.24) is 4.98 Å². The summed E-state index contributed by atoms with van der Waals surface area (Å²) in [7, 11) is 0. The zero-order valence-electron chi connectivity index (χ0n) is 17.1. The Hall–Kier alpha value is -4.29. The highest BCUT2D eigenvalue weighted by Crippen LogP contribution is 2.28. The SMILES string of the molecule is Cc1ccc(C)c(N/C=C(/C#N)c2nc(-c3cc4cc([N+](=O)[O-])ccc4oc3=O)cs2)c1. The molecule has 0 aliphatic rings. The maximum absolute atomic E-state index is 12.5. The highest BCUT2D eigenvalue weighted by Gasteiger charge is 2.15. The van der Waals surface area contributed by atoms with Crippen molar-refractivity contribution >= 4 is 39.3 Å². The van der Waals surface area contributed by atoms with E-state index < -0.39 is 10.5 Å². The van der Waals surface area contributed by atoms with E-state index in [0.29, 0.717) is 21.7 Å². The second-order valence-electron chi connectivity index (χ2n) is 7.10. The van der Waals surface area contributed by atoms with Gasteiger partial charge in [0, 0.05) is 34.8 Å². The summed E-state index contributed by atoms with van der Waals surface area (Å²) in [5.74, 6) is 0. The molecule has 0 saturated carbocycles. The van der Waals surface area contributed by atoms with Crippen molar-refractivity contribution in [1.29, 1.82) is 5.26 Å². The van der Waals surface area contributed by atoms with Crippen molar-refractivity contribution in [3.8, 4) is 17.3 Å². The van der Waals surface area contributed by atoms with E-state index >= 15 is 0 Å². The molecule has 0 bridgehead atoms. The molecule has 0 spiro atoms. The summed E-state index contributed by atoms with van der Waals surface area (Å²) in [5.41, 5.74) is 3.34. The third-order valence-electron chi connectivity index (χ3n) is 4.82. The van der Waals surface area contributed by atoms with Crippen LogP contribution in [0.15, 0.2) is 63.3 Å². The molecule has 2 aromatic carbocycles. The maximum Gasteiger partial charge on any atom is 0.345 e. The van der Waals surface area contributed by atoms with Gasteiger partial charge in [-0.25, -0.2) is 9.78 Å². The Morgan fingerprint density at radius 2 is 2.06 bits per heavy atom. The van der Waals surface area contributed by atoms with E-state index in [2.05, 4.69) is 16.4 Å². The number of nitrogens with one attached hydrogen (secondary N) is 1. The Labute approximate surface area is 186 Å². The van der Waals surface area contributed by atoms with Crippen LogP contribution in [-0.2, 0) is 0 Å². The minimum absolute atomic E-state index is 0.108. The van der Waals surface area contributed by atoms with Gasteiger partial charge in [-0.3, -0.25) is 10.1 Å². The average molecular weight is 444 g/mol. The molecule has 0 aliphatic heterocycles. The van der Waals surface area contributed by atoms with Gasteiger partial charge in [0.25, 0.3) is 5.69 Å². The molecule has 158 valence electrons. The van der Waals surface area contributed by atoms with Crippen molar-refractivity contribution in [3.05, 3.63) is 90.7 Å². The number of thiazole rings is 1. The van der Waals surface area contributed by atoms with E-state index in [4.69, 9.17) is 4.42 Å². The molecule has 2 aromatic heterocycles. The number of hydrogen-bond donors (Lipinski definition) is 1. The molecule has 4 rings (SSSR count). The van der Waals surface area contributed by atoms with Gasteiger partial charge >= 0.3 is 5.63 Å². The summed E-state index contributed by atoms with van der Waals surface area (Å²) >= 11 is 1.21. The molecule has 1 N–H and O–H groups in total. The zero-order valence-corrected chi connectivity index (χ0v) is 17.9. The minimum atomic E-state index is -0.612. The molecular weight excluding hydrogens is 428 g/mol. The number of allylic oxidation sites excluding steroid dienone is 1. The van der Waals surface area contributed by atoms with Crippen LogP contribution in [0.25, 0.3) is 27.8 Å². The number of benzene rings is 2. The van der Waals surface area contributed by atoms with E-state index in [1.807, 2.05) is 32.0 Å². The molecule has 0 unspecified atom stereocenters. The lowest BCUT2D eigenvalue weighted by molar-refractivity contribution is -0.384. The van der Waals surface area contributed by atoms with Crippen LogP contribution in [0.4, 0.5) is 11.4 Å². The molecule has 0 radical (unpaired) electrons. The Kier molecular flexibility index (Phi) is 5.54. The number of fused-ring (bicyclic) bond motifs is 1. The zero-order chi connectivity index (χ0) is 22.8. The molecule has 0 fully saturated rings. The topological polar surface area (TPSA) is 122 Å². The first-order valence-electron chi connectivity index (χ1n) is 9.48. The molecule has 8 nitrogen and oxygen atoms in total. The molecule has 2 heterocycles. The minimum Gasteiger partial charge on any atom is -0.422 e.